The first-order valence-electron chi connectivity index (χ1n) is 10.9. The van der Waals surface area contributed by atoms with Crippen LogP contribution in [0.5, 0.6) is 5.75 Å². The van der Waals surface area contributed by atoms with Crippen LogP contribution in [-0.4, -0.2) is 12.4 Å². The fourth-order valence-corrected chi connectivity index (χ4v) is 5.24. The summed E-state index contributed by atoms with van der Waals surface area (Å²) in [6.45, 7) is 2.82. The van der Waals surface area contributed by atoms with E-state index >= 15 is 0 Å². The van der Waals surface area contributed by atoms with Crippen molar-refractivity contribution in [3.63, 3.8) is 0 Å². The van der Waals surface area contributed by atoms with E-state index in [2.05, 4.69) is 53.3 Å². The molecule has 158 valence electrons. The van der Waals surface area contributed by atoms with E-state index in [1.165, 1.54) is 5.56 Å². The van der Waals surface area contributed by atoms with Crippen LogP contribution < -0.4 is 15.4 Å². The monoisotopic (exact) mass is 430 g/mol. The summed E-state index contributed by atoms with van der Waals surface area (Å²) in [5.74, 6) is 1.26. The lowest BCUT2D eigenvalue weighted by atomic mass is 9.79. The van der Waals surface area contributed by atoms with Crippen molar-refractivity contribution in [3.8, 4) is 5.75 Å². The normalized spacial score (nSPS) is 20.2. The van der Waals surface area contributed by atoms with Crippen molar-refractivity contribution < 1.29 is 9.53 Å². The molecule has 4 nitrogen and oxygen atoms in total. The summed E-state index contributed by atoms with van der Waals surface area (Å²) in [5, 5.41) is 9.29. The zero-order chi connectivity index (χ0) is 21.2. The van der Waals surface area contributed by atoms with Gasteiger partial charge < -0.3 is 15.4 Å². The highest BCUT2D eigenvalue weighted by molar-refractivity contribution is 7.10. The smallest absolute Gasteiger partial charge is 0.163 e. The topological polar surface area (TPSA) is 50.4 Å². The third kappa shape index (κ3) is 3.98. The third-order valence-electron chi connectivity index (χ3n) is 5.96. The molecule has 2 heterocycles. The zero-order valence-corrected chi connectivity index (χ0v) is 18.4. The molecule has 2 N–H and O–H groups in total. The van der Waals surface area contributed by atoms with Crippen LogP contribution in [0.4, 0.5) is 11.4 Å². The Kier molecular flexibility index (Phi) is 5.51. The number of para-hydroxylation sites is 2. The molecule has 0 radical (unpaired) electrons. The minimum atomic E-state index is -0.121. The molecule has 2 aromatic carbocycles. The molecule has 1 aliphatic carbocycles. The number of Topliss-reactive ketones (excluding diaryl/α,β-unsaturated/α-hetero) is 1. The number of hydrogen-bond acceptors (Lipinski definition) is 5. The summed E-state index contributed by atoms with van der Waals surface area (Å²) < 4.78 is 5.72. The first-order chi connectivity index (χ1) is 15.2. The Labute approximate surface area is 187 Å². The van der Waals surface area contributed by atoms with E-state index in [0.717, 1.165) is 52.7 Å². The molecule has 2 unspecified atom stereocenters. The Balaban J connectivity index is 1.49. The molecule has 3 aromatic rings. The summed E-state index contributed by atoms with van der Waals surface area (Å²) in [6, 6.07) is 20.5. The average Bonchev–Trinajstić information content (AvgIpc) is 3.27. The number of allylic oxidation sites excluding steroid dienone is 1. The van der Waals surface area contributed by atoms with E-state index in [9.17, 15) is 4.79 Å². The second-order valence-electron chi connectivity index (χ2n) is 8.10. The van der Waals surface area contributed by atoms with Crippen molar-refractivity contribution >= 4 is 28.5 Å². The lowest BCUT2D eigenvalue weighted by Crippen LogP contribution is -2.26. The highest BCUT2D eigenvalue weighted by Crippen LogP contribution is 2.45. The number of hydrogen-bond donors (Lipinski definition) is 2. The second kappa shape index (κ2) is 8.60. The van der Waals surface area contributed by atoms with E-state index in [4.69, 9.17) is 4.74 Å². The lowest BCUT2D eigenvalue weighted by molar-refractivity contribution is -0.116. The van der Waals surface area contributed by atoms with Gasteiger partial charge in [0.2, 0.25) is 0 Å². The van der Waals surface area contributed by atoms with Crippen molar-refractivity contribution in [2.24, 2.45) is 0 Å². The minimum Gasteiger partial charge on any atom is -0.494 e. The van der Waals surface area contributed by atoms with Gasteiger partial charge in [-0.2, -0.15) is 0 Å². The number of anilines is 2. The number of rotatable bonds is 5. The summed E-state index contributed by atoms with van der Waals surface area (Å²) in [4.78, 5) is 14.6. The van der Waals surface area contributed by atoms with Gasteiger partial charge in [0.25, 0.3) is 0 Å². The van der Waals surface area contributed by atoms with Gasteiger partial charge in [0.1, 0.15) is 5.75 Å². The minimum absolute atomic E-state index is 0.121. The molecular formula is C26H26N2O2S. The number of ether oxygens (including phenoxy) is 1. The van der Waals surface area contributed by atoms with Gasteiger partial charge in [-0.15, -0.1) is 11.3 Å². The Bertz CT molecular complexity index is 1100. The summed E-state index contributed by atoms with van der Waals surface area (Å²) >= 11 is 1.69. The molecular weight excluding hydrogens is 404 g/mol. The van der Waals surface area contributed by atoms with Crippen molar-refractivity contribution in [1.82, 2.24) is 0 Å². The molecule has 31 heavy (non-hydrogen) atoms. The molecule has 1 aliphatic heterocycles. The molecule has 0 saturated heterocycles. The van der Waals surface area contributed by atoms with Crippen LogP contribution in [0, 0.1) is 0 Å². The predicted molar refractivity (Wildman–Crippen MR) is 127 cm³/mol. The van der Waals surface area contributed by atoms with Crippen molar-refractivity contribution in [2.45, 2.75) is 38.1 Å². The second-order valence-corrected chi connectivity index (χ2v) is 9.08. The molecule has 0 bridgehead atoms. The standard InChI is InChI=1S/C26H26N2O2S/c1-2-13-30-19-11-9-17(10-12-19)18-15-22-25(23(29)16-18)26(24-8-5-14-31-24)28-21-7-4-3-6-20(21)27-22/h3-12,14,18,26-28H,2,13,15-16H2,1H3. The SMILES string of the molecule is CCCOc1ccc(C2CC(=O)C3=C(C2)Nc2ccccc2NC3c2cccs2)cc1. The highest BCUT2D eigenvalue weighted by Gasteiger charge is 2.36. The molecule has 5 heteroatoms. The molecule has 0 saturated carbocycles. The van der Waals surface area contributed by atoms with Crippen LogP contribution in [-0.2, 0) is 4.79 Å². The maximum Gasteiger partial charge on any atom is 0.163 e. The number of ketones is 1. The van der Waals surface area contributed by atoms with Gasteiger partial charge in [-0.3, -0.25) is 4.79 Å². The summed E-state index contributed by atoms with van der Waals surface area (Å²) in [5.41, 5.74) is 5.13. The molecule has 0 fully saturated rings. The van der Waals surface area contributed by atoms with Gasteiger partial charge in [-0.1, -0.05) is 37.3 Å². The highest BCUT2D eigenvalue weighted by atomic mass is 32.1. The van der Waals surface area contributed by atoms with Gasteiger partial charge in [0.15, 0.2) is 5.78 Å². The molecule has 2 atom stereocenters. The number of nitrogens with one attached hydrogen (secondary N) is 2. The molecule has 2 aliphatic rings. The molecule has 1 aromatic heterocycles. The van der Waals surface area contributed by atoms with Gasteiger partial charge in [-0.05, 0) is 60.0 Å². The molecule has 0 amide bonds. The number of benzene rings is 2. The maximum absolute atomic E-state index is 13.5. The number of carbonyl (C=O) groups excluding carboxylic acids is 1. The summed E-state index contributed by atoms with van der Waals surface area (Å²) in [6.07, 6.45) is 2.33. The van der Waals surface area contributed by atoms with Crippen molar-refractivity contribution in [3.05, 3.63) is 87.8 Å². The number of fused-ring (bicyclic) bond motifs is 1. The quantitative estimate of drug-likeness (QED) is 0.484. The van der Waals surface area contributed by atoms with Crippen LogP contribution in [0.1, 0.15) is 48.6 Å². The molecule has 5 rings (SSSR count). The van der Waals surface area contributed by atoms with Gasteiger partial charge in [0, 0.05) is 22.6 Å². The number of carbonyl (C=O) groups is 1. The first-order valence-corrected chi connectivity index (χ1v) is 11.8. The van der Waals surface area contributed by atoms with E-state index in [-0.39, 0.29) is 17.7 Å². The first kappa shape index (κ1) is 19.9. The number of thiophene rings is 1. The molecule has 0 spiro atoms. The maximum atomic E-state index is 13.5. The van der Waals surface area contributed by atoms with Crippen LogP contribution in [0.3, 0.4) is 0 Å². The van der Waals surface area contributed by atoms with Crippen LogP contribution in [0.2, 0.25) is 0 Å². The summed E-state index contributed by atoms with van der Waals surface area (Å²) in [7, 11) is 0. The Morgan fingerprint density at radius 2 is 1.81 bits per heavy atom. The largest absolute Gasteiger partial charge is 0.494 e. The average molecular weight is 431 g/mol. The van der Waals surface area contributed by atoms with Crippen LogP contribution in [0.25, 0.3) is 0 Å². The Morgan fingerprint density at radius 1 is 1.00 bits per heavy atom. The van der Waals surface area contributed by atoms with Gasteiger partial charge in [-0.25, -0.2) is 0 Å². The van der Waals surface area contributed by atoms with E-state index in [1.54, 1.807) is 11.3 Å². The zero-order valence-electron chi connectivity index (χ0n) is 17.6. The Morgan fingerprint density at radius 3 is 2.55 bits per heavy atom. The van der Waals surface area contributed by atoms with Crippen molar-refractivity contribution in [1.29, 1.82) is 0 Å². The Hall–Kier alpha value is -3.05. The predicted octanol–water partition coefficient (Wildman–Crippen LogP) is 6.52. The van der Waals surface area contributed by atoms with E-state index in [0.29, 0.717) is 6.42 Å². The van der Waals surface area contributed by atoms with E-state index in [1.807, 2.05) is 30.3 Å². The fraction of sp³-hybridized carbons (Fsp3) is 0.269. The van der Waals surface area contributed by atoms with Crippen LogP contribution in [0.15, 0.2) is 77.3 Å². The fourth-order valence-electron chi connectivity index (χ4n) is 4.45. The lowest BCUT2D eigenvalue weighted by Gasteiger charge is -2.29. The van der Waals surface area contributed by atoms with Crippen molar-refractivity contribution in [2.75, 3.05) is 17.2 Å². The van der Waals surface area contributed by atoms with Gasteiger partial charge in [0.05, 0.1) is 24.0 Å². The third-order valence-corrected chi connectivity index (χ3v) is 6.90. The van der Waals surface area contributed by atoms with Crippen LogP contribution >= 0.6 is 11.3 Å². The van der Waals surface area contributed by atoms with Gasteiger partial charge >= 0.3 is 0 Å². The van der Waals surface area contributed by atoms with E-state index < -0.39 is 0 Å².